The SMILES string of the molecule is Cc1cc(S(=O)(=O)Cl)cc(C(=O)N(C)CC2CC2C)c1C. The van der Waals surface area contributed by atoms with Gasteiger partial charge in [0.2, 0.25) is 0 Å². The van der Waals surface area contributed by atoms with Gasteiger partial charge in [-0.2, -0.15) is 0 Å². The van der Waals surface area contributed by atoms with Gasteiger partial charge < -0.3 is 4.90 Å². The molecule has 21 heavy (non-hydrogen) atoms. The standard InChI is InChI=1S/C15H20ClNO3S/c1-9-6-13(21(16,19)20)7-14(11(9)3)15(18)17(4)8-12-5-10(12)2/h6-7,10,12H,5,8H2,1-4H3. The third-order valence-corrected chi connectivity index (χ3v) is 5.62. The lowest BCUT2D eigenvalue weighted by Crippen LogP contribution is -2.30. The minimum absolute atomic E-state index is 0.0243. The van der Waals surface area contributed by atoms with E-state index in [1.807, 2.05) is 6.92 Å². The molecular formula is C15H20ClNO3S. The summed E-state index contributed by atoms with van der Waals surface area (Å²) < 4.78 is 23.0. The highest BCUT2D eigenvalue weighted by Gasteiger charge is 2.34. The number of carbonyl (C=O) groups excluding carboxylic acids is 1. The van der Waals surface area contributed by atoms with Crippen molar-refractivity contribution < 1.29 is 13.2 Å². The summed E-state index contributed by atoms with van der Waals surface area (Å²) in [6.45, 7) is 6.47. The molecule has 1 aromatic carbocycles. The maximum Gasteiger partial charge on any atom is 0.261 e. The Labute approximate surface area is 130 Å². The van der Waals surface area contributed by atoms with Crippen molar-refractivity contribution in [2.24, 2.45) is 11.8 Å². The van der Waals surface area contributed by atoms with E-state index in [0.29, 0.717) is 23.9 Å². The van der Waals surface area contributed by atoms with Crippen molar-refractivity contribution in [3.8, 4) is 0 Å². The van der Waals surface area contributed by atoms with Crippen molar-refractivity contribution in [1.82, 2.24) is 4.90 Å². The highest BCUT2D eigenvalue weighted by atomic mass is 35.7. The van der Waals surface area contributed by atoms with Crippen molar-refractivity contribution in [3.63, 3.8) is 0 Å². The molecule has 2 unspecified atom stereocenters. The molecule has 0 spiro atoms. The third kappa shape index (κ3) is 3.58. The first kappa shape index (κ1) is 16.3. The summed E-state index contributed by atoms with van der Waals surface area (Å²) in [5, 5.41) is 0. The van der Waals surface area contributed by atoms with Crippen LogP contribution >= 0.6 is 10.7 Å². The number of amides is 1. The Morgan fingerprint density at radius 3 is 2.43 bits per heavy atom. The van der Waals surface area contributed by atoms with Crippen LogP contribution in [0.3, 0.4) is 0 Å². The lowest BCUT2D eigenvalue weighted by Gasteiger charge is -2.19. The zero-order valence-electron chi connectivity index (χ0n) is 12.7. The first-order valence-corrected chi connectivity index (χ1v) is 9.23. The molecule has 2 rings (SSSR count). The lowest BCUT2D eigenvalue weighted by molar-refractivity contribution is 0.0786. The van der Waals surface area contributed by atoms with Crippen molar-refractivity contribution in [1.29, 1.82) is 0 Å². The Balaban J connectivity index is 2.33. The number of hydrogen-bond donors (Lipinski definition) is 0. The first-order chi connectivity index (χ1) is 9.61. The molecule has 0 saturated heterocycles. The van der Waals surface area contributed by atoms with E-state index >= 15 is 0 Å². The summed E-state index contributed by atoms with van der Waals surface area (Å²) in [5.74, 6) is 1.06. The van der Waals surface area contributed by atoms with Gasteiger partial charge in [0.05, 0.1) is 4.90 Å². The lowest BCUT2D eigenvalue weighted by atomic mass is 10.0. The van der Waals surface area contributed by atoms with Gasteiger partial charge >= 0.3 is 0 Å². The number of hydrogen-bond acceptors (Lipinski definition) is 3. The van der Waals surface area contributed by atoms with Crippen LogP contribution in [0.2, 0.25) is 0 Å². The van der Waals surface area contributed by atoms with Crippen LogP contribution in [0.4, 0.5) is 0 Å². The molecular weight excluding hydrogens is 310 g/mol. The van der Waals surface area contributed by atoms with Crippen molar-refractivity contribution in [3.05, 3.63) is 28.8 Å². The van der Waals surface area contributed by atoms with Crippen LogP contribution in [0, 0.1) is 25.7 Å². The Hall–Kier alpha value is -1.07. The Kier molecular flexibility index (Phi) is 4.36. The van der Waals surface area contributed by atoms with Crippen molar-refractivity contribution in [2.45, 2.75) is 32.1 Å². The first-order valence-electron chi connectivity index (χ1n) is 6.92. The zero-order valence-corrected chi connectivity index (χ0v) is 14.3. The van der Waals surface area contributed by atoms with Crippen LogP contribution in [0.5, 0.6) is 0 Å². The fraction of sp³-hybridized carbons (Fsp3) is 0.533. The summed E-state index contributed by atoms with van der Waals surface area (Å²) in [5.41, 5.74) is 1.94. The van der Waals surface area contributed by atoms with E-state index in [2.05, 4.69) is 6.92 Å². The molecule has 1 amide bonds. The molecule has 116 valence electrons. The maximum atomic E-state index is 12.6. The van der Waals surface area contributed by atoms with E-state index in [9.17, 15) is 13.2 Å². The summed E-state index contributed by atoms with van der Waals surface area (Å²) in [7, 11) is 3.31. The predicted octanol–water partition coefficient (Wildman–Crippen LogP) is 2.96. The van der Waals surface area contributed by atoms with Crippen LogP contribution in [0.1, 0.15) is 34.8 Å². The van der Waals surface area contributed by atoms with E-state index in [4.69, 9.17) is 10.7 Å². The highest BCUT2D eigenvalue weighted by molar-refractivity contribution is 8.13. The molecule has 2 atom stereocenters. The zero-order chi connectivity index (χ0) is 15.9. The molecule has 1 aliphatic carbocycles. The van der Waals surface area contributed by atoms with Crippen LogP contribution in [0.15, 0.2) is 17.0 Å². The van der Waals surface area contributed by atoms with Crippen LogP contribution in [-0.4, -0.2) is 32.8 Å². The fourth-order valence-electron chi connectivity index (χ4n) is 2.48. The quantitative estimate of drug-likeness (QED) is 0.798. The molecule has 0 bridgehead atoms. The van der Waals surface area contributed by atoms with Crippen molar-refractivity contribution >= 4 is 25.6 Å². The molecule has 1 fully saturated rings. The van der Waals surface area contributed by atoms with E-state index in [0.717, 1.165) is 17.5 Å². The Morgan fingerprint density at radius 1 is 1.38 bits per heavy atom. The molecule has 6 heteroatoms. The second-order valence-electron chi connectivity index (χ2n) is 6.01. The second-order valence-corrected chi connectivity index (χ2v) is 8.58. The molecule has 4 nitrogen and oxygen atoms in total. The predicted molar refractivity (Wildman–Crippen MR) is 83.2 cm³/mol. The average Bonchev–Trinajstić information content (AvgIpc) is 3.05. The minimum Gasteiger partial charge on any atom is -0.341 e. The summed E-state index contributed by atoms with van der Waals surface area (Å²) in [6.07, 6.45) is 1.14. The van der Waals surface area contributed by atoms with Gasteiger partial charge in [-0.25, -0.2) is 8.42 Å². The number of aryl methyl sites for hydroxylation is 1. The van der Waals surface area contributed by atoms with Gasteiger partial charge in [0, 0.05) is 29.8 Å². The summed E-state index contributed by atoms with van der Waals surface area (Å²) >= 11 is 0. The van der Waals surface area contributed by atoms with Crippen LogP contribution < -0.4 is 0 Å². The number of nitrogens with zero attached hydrogens (tertiary/aromatic N) is 1. The van der Waals surface area contributed by atoms with Gasteiger partial charge in [0.25, 0.3) is 15.0 Å². The van der Waals surface area contributed by atoms with Gasteiger partial charge in [0.1, 0.15) is 0 Å². The molecule has 1 aliphatic rings. The molecule has 0 aliphatic heterocycles. The number of halogens is 1. The second kappa shape index (κ2) is 5.61. The topological polar surface area (TPSA) is 54.5 Å². The minimum atomic E-state index is -3.84. The molecule has 1 saturated carbocycles. The maximum absolute atomic E-state index is 12.6. The molecule has 0 heterocycles. The summed E-state index contributed by atoms with van der Waals surface area (Å²) in [4.78, 5) is 14.2. The van der Waals surface area contributed by atoms with E-state index in [-0.39, 0.29) is 10.8 Å². The Morgan fingerprint density at radius 2 is 1.95 bits per heavy atom. The number of carbonyl (C=O) groups is 1. The van der Waals surface area contributed by atoms with Crippen LogP contribution in [0.25, 0.3) is 0 Å². The fourth-order valence-corrected chi connectivity index (χ4v) is 3.33. The van der Waals surface area contributed by atoms with Gasteiger partial charge in [-0.15, -0.1) is 0 Å². The van der Waals surface area contributed by atoms with E-state index in [1.54, 1.807) is 18.9 Å². The van der Waals surface area contributed by atoms with E-state index < -0.39 is 9.05 Å². The average molecular weight is 330 g/mol. The van der Waals surface area contributed by atoms with Crippen molar-refractivity contribution in [2.75, 3.05) is 13.6 Å². The van der Waals surface area contributed by atoms with Gasteiger partial charge in [-0.05, 0) is 55.4 Å². The molecule has 0 aromatic heterocycles. The highest BCUT2D eigenvalue weighted by Crippen LogP contribution is 2.38. The Bertz CT molecular complexity index is 684. The molecule has 0 radical (unpaired) electrons. The summed E-state index contributed by atoms with van der Waals surface area (Å²) in [6, 6.07) is 2.87. The third-order valence-electron chi connectivity index (χ3n) is 4.28. The number of benzene rings is 1. The van der Waals surface area contributed by atoms with Gasteiger partial charge in [-0.3, -0.25) is 4.79 Å². The largest absolute Gasteiger partial charge is 0.341 e. The monoisotopic (exact) mass is 329 g/mol. The van der Waals surface area contributed by atoms with Gasteiger partial charge in [0.15, 0.2) is 0 Å². The smallest absolute Gasteiger partial charge is 0.261 e. The van der Waals surface area contributed by atoms with Gasteiger partial charge in [-0.1, -0.05) is 6.92 Å². The van der Waals surface area contributed by atoms with E-state index in [1.165, 1.54) is 12.1 Å². The molecule has 1 aromatic rings. The number of rotatable bonds is 4. The molecule has 0 N–H and O–H groups in total. The normalized spacial score (nSPS) is 21.2. The van der Waals surface area contributed by atoms with Crippen LogP contribution in [-0.2, 0) is 9.05 Å².